The van der Waals surface area contributed by atoms with E-state index in [9.17, 15) is 9.18 Å². The molecule has 19 heavy (non-hydrogen) atoms. The molecule has 2 rings (SSSR count). The van der Waals surface area contributed by atoms with Crippen LogP contribution in [0.15, 0.2) is 36.5 Å². The molecule has 1 heterocycles. The predicted octanol–water partition coefficient (Wildman–Crippen LogP) is 1.92. The van der Waals surface area contributed by atoms with Crippen LogP contribution in [-0.4, -0.2) is 20.8 Å². The molecule has 0 spiro atoms. The van der Waals surface area contributed by atoms with Crippen molar-refractivity contribution in [3.63, 3.8) is 0 Å². The highest BCUT2D eigenvalue weighted by Gasteiger charge is 2.05. The maximum atomic E-state index is 13.4. The predicted molar refractivity (Wildman–Crippen MR) is 68.9 cm³/mol. The van der Waals surface area contributed by atoms with E-state index < -0.39 is 11.7 Å². The number of amides is 1. The standard InChI is InChI=1S/C13H12FN3O2/c1-17-9(6-7-15-17)2-5-13(19)16-12-4-3-10(18)8-11(12)14/h2-8,18H,1H3,(H,16,19). The van der Waals surface area contributed by atoms with Gasteiger partial charge in [0.1, 0.15) is 11.6 Å². The minimum absolute atomic E-state index is 0.0115. The molecule has 6 heteroatoms. The number of nitrogens with zero attached hydrogens (tertiary/aromatic N) is 2. The summed E-state index contributed by atoms with van der Waals surface area (Å²) in [6.45, 7) is 0. The van der Waals surface area contributed by atoms with Crippen molar-refractivity contribution < 1.29 is 14.3 Å². The maximum Gasteiger partial charge on any atom is 0.248 e. The van der Waals surface area contributed by atoms with Gasteiger partial charge in [0.05, 0.1) is 11.4 Å². The van der Waals surface area contributed by atoms with Crippen molar-refractivity contribution >= 4 is 17.7 Å². The van der Waals surface area contributed by atoms with Gasteiger partial charge in [-0.3, -0.25) is 9.48 Å². The first-order chi connectivity index (χ1) is 9.06. The van der Waals surface area contributed by atoms with Crippen molar-refractivity contribution in [3.05, 3.63) is 48.0 Å². The molecule has 0 aliphatic heterocycles. The van der Waals surface area contributed by atoms with Crippen LogP contribution < -0.4 is 5.32 Å². The van der Waals surface area contributed by atoms with Crippen LogP contribution in [0.4, 0.5) is 10.1 Å². The Kier molecular flexibility index (Phi) is 3.61. The Labute approximate surface area is 109 Å². The molecule has 0 radical (unpaired) electrons. The molecule has 1 aromatic carbocycles. The second-order valence-corrected chi connectivity index (χ2v) is 3.87. The number of carbonyl (C=O) groups is 1. The van der Waals surface area contributed by atoms with Gasteiger partial charge in [-0.05, 0) is 24.3 Å². The van der Waals surface area contributed by atoms with E-state index in [1.54, 1.807) is 30.1 Å². The van der Waals surface area contributed by atoms with Crippen molar-refractivity contribution in [1.82, 2.24) is 9.78 Å². The van der Waals surface area contributed by atoms with Gasteiger partial charge < -0.3 is 10.4 Å². The lowest BCUT2D eigenvalue weighted by Crippen LogP contribution is -2.09. The number of aryl methyl sites for hydroxylation is 1. The molecule has 0 bridgehead atoms. The number of phenolic OH excluding ortho intramolecular Hbond substituents is 1. The summed E-state index contributed by atoms with van der Waals surface area (Å²) in [5, 5.41) is 15.4. The van der Waals surface area contributed by atoms with Crippen molar-refractivity contribution in [2.24, 2.45) is 7.05 Å². The molecule has 0 aliphatic rings. The second-order valence-electron chi connectivity index (χ2n) is 3.87. The molecule has 0 unspecified atom stereocenters. The highest BCUT2D eigenvalue weighted by atomic mass is 19.1. The zero-order valence-electron chi connectivity index (χ0n) is 10.2. The first-order valence-electron chi connectivity index (χ1n) is 5.52. The Morgan fingerprint density at radius 2 is 2.26 bits per heavy atom. The van der Waals surface area contributed by atoms with Gasteiger partial charge >= 0.3 is 0 Å². The molecule has 0 saturated heterocycles. The zero-order chi connectivity index (χ0) is 13.8. The smallest absolute Gasteiger partial charge is 0.248 e. The van der Waals surface area contributed by atoms with Crippen LogP contribution in [-0.2, 0) is 11.8 Å². The number of anilines is 1. The van der Waals surface area contributed by atoms with Gasteiger partial charge in [-0.15, -0.1) is 0 Å². The molecule has 1 amide bonds. The summed E-state index contributed by atoms with van der Waals surface area (Å²) >= 11 is 0. The largest absolute Gasteiger partial charge is 0.508 e. The number of nitrogens with one attached hydrogen (secondary N) is 1. The van der Waals surface area contributed by atoms with Crippen molar-refractivity contribution in [3.8, 4) is 5.75 Å². The molecule has 2 aromatic rings. The quantitative estimate of drug-likeness (QED) is 0.655. The van der Waals surface area contributed by atoms with Crippen molar-refractivity contribution in [2.75, 3.05) is 5.32 Å². The van der Waals surface area contributed by atoms with Crippen LogP contribution in [0.1, 0.15) is 5.69 Å². The molecule has 5 nitrogen and oxygen atoms in total. The van der Waals surface area contributed by atoms with E-state index in [0.717, 1.165) is 11.8 Å². The van der Waals surface area contributed by atoms with Crippen LogP contribution >= 0.6 is 0 Å². The van der Waals surface area contributed by atoms with Gasteiger partial charge in [-0.25, -0.2) is 4.39 Å². The fourth-order valence-corrected chi connectivity index (χ4v) is 1.49. The number of halogens is 1. The fourth-order valence-electron chi connectivity index (χ4n) is 1.49. The molecule has 1 aromatic heterocycles. The SMILES string of the molecule is Cn1nccc1C=CC(=O)Nc1ccc(O)cc1F. The Morgan fingerprint density at radius 3 is 2.89 bits per heavy atom. The Balaban J connectivity index is 2.05. The van der Waals surface area contributed by atoms with Gasteiger partial charge in [-0.2, -0.15) is 5.10 Å². The molecule has 0 fully saturated rings. The molecule has 0 saturated carbocycles. The lowest BCUT2D eigenvalue weighted by atomic mass is 10.3. The number of hydrogen-bond acceptors (Lipinski definition) is 3. The second kappa shape index (κ2) is 5.34. The van der Waals surface area contributed by atoms with Gasteiger partial charge in [0.15, 0.2) is 0 Å². The topological polar surface area (TPSA) is 67.2 Å². The monoisotopic (exact) mass is 261 g/mol. The zero-order valence-corrected chi connectivity index (χ0v) is 10.2. The lowest BCUT2D eigenvalue weighted by Gasteiger charge is -2.03. The Bertz CT molecular complexity index is 635. The van der Waals surface area contributed by atoms with Gasteiger partial charge in [0, 0.05) is 25.4 Å². The van der Waals surface area contributed by atoms with Gasteiger partial charge in [0.2, 0.25) is 5.91 Å². The number of carbonyl (C=O) groups excluding carboxylic acids is 1. The Hall–Kier alpha value is -2.63. The van der Waals surface area contributed by atoms with Crippen LogP contribution in [0.2, 0.25) is 0 Å². The summed E-state index contributed by atoms with van der Waals surface area (Å²) < 4.78 is 15.0. The number of phenols is 1. The van der Waals surface area contributed by atoms with Gasteiger partial charge in [-0.1, -0.05) is 0 Å². The average Bonchev–Trinajstić information content (AvgIpc) is 2.76. The first kappa shape index (κ1) is 12.8. The van der Waals surface area contributed by atoms with Crippen molar-refractivity contribution in [1.29, 1.82) is 0 Å². The van der Waals surface area contributed by atoms with Crippen molar-refractivity contribution in [2.45, 2.75) is 0 Å². The minimum Gasteiger partial charge on any atom is -0.508 e. The maximum absolute atomic E-state index is 13.4. The average molecular weight is 261 g/mol. The number of aromatic hydroxyl groups is 1. The molecule has 0 atom stereocenters. The van der Waals surface area contributed by atoms with E-state index >= 15 is 0 Å². The summed E-state index contributed by atoms with van der Waals surface area (Å²) in [6, 6.07) is 5.26. The van der Waals surface area contributed by atoms with Crippen LogP contribution in [0.3, 0.4) is 0 Å². The lowest BCUT2D eigenvalue weighted by molar-refractivity contribution is -0.111. The van der Waals surface area contributed by atoms with E-state index in [-0.39, 0.29) is 11.4 Å². The highest BCUT2D eigenvalue weighted by Crippen LogP contribution is 2.19. The first-order valence-corrected chi connectivity index (χ1v) is 5.52. The molecule has 2 N–H and O–H groups in total. The van der Waals surface area contributed by atoms with E-state index in [1.807, 2.05) is 0 Å². The van der Waals surface area contributed by atoms with E-state index in [0.29, 0.717) is 0 Å². The molecule has 98 valence electrons. The van der Waals surface area contributed by atoms with Gasteiger partial charge in [0.25, 0.3) is 0 Å². The number of rotatable bonds is 3. The highest BCUT2D eigenvalue weighted by molar-refractivity contribution is 6.01. The molecule has 0 aliphatic carbocycles. The normalized spacial score (nSPS) is 10.8. The summed E-state index contributed by atoms with van der Waals surface area (Å²) in [5.41, 5.74) is 0.763. The Morgan fingerprint density at radius 1 is 1.47 bits per heavy atom. The minimum atomic E-state index is -0.692. The van der Waals surface area contributed by atoms with Crippen LogP contribution in [0.5, 0.6) is 5.75 Å². The van der Waals surface area contributed by atoms with E-state index in [4.69, 9.17) is 5.11 Å². The number of hydrogen-bond donors (Lipinski definition) is 2. The van der Waals surface area contributed by atoms with E-state index in [1.165, 1.54) is 18.2 Å². The molecular formula is C13H12FN3O2. The van der Waals surface area contributed by atoms with Crippen LogP contribution in [0.25, 0.3) is 6.08 Å². The van der Waals surface area contributed by atoms with E-state index in [2.05, 4.69) is 10.4 Å². The third-order valence-corrected chi connectivity index (χ3v) is 2.47. The summed E-state index contributed by atoms with van der Waals surface area (Å²) in [4.78, 5) is 11.6. The number of aromatic nitrogens is 2. The molecular weight excluding hydrogens is 249 g/mol. The summed E-state index contributed by atoms with van der Waals surface area (Å²) in [7, 11) is 1.75. The third kappa shape index (κ3) is 3.19. The third-order valence-electron chi connectivity index (χ3n) is 2.47. The van der Waals surface area contributed by atoms with Crippen LogP contribution in [0, 0.1) is 5.82 Å². The summed E-state index contributed by atoms with van der Waals surface area (Å²) in [6.07, 6.45) is 4.46. The fraction of sp³-hybridized carbons (Fsp3) is 0.0769. The summed E-state index contributed by atoms with van der Waals surface area (Å²) in [5.74, 6) is -1.35. The number of benzene rings is 1.